The number of hydrogen-bond donors (Lipinski definition) is 3. The largest absolute Gasteiger partial charge is 0.316 e. The highest BCUT2D eigenvalue weighted by Gasteiger charge is 2.22. The first kappa shape index (κ1) is 20.1. The Morgan fingerprint density at radius 2 is 2.13 bits per heavy atom. The summed E-state index contributed by atoms with van der Waals surface area (Å²) in [6.45, 7) is 4.08. The highest BCUT2D eigenvalue weighted by Crippen LogP contribution is 2.24. The summed E-state index contributed by atoms with van der Waals surface area (Å²) in [5.41, 5.74) is 0. The Kier molecular flexibility index (Phi) is 7.65. The Balaban J connectivity index is 0.00000264. The Labute approximate surface area is 146 Å². The first-order chi connectivity index (χ1) is 10.3. The molecular weight excluding hydrogens is 362 g/mol. The van der Waals surface area contributed by atoms with Gasteiger partial charge >= 0.3 is 0 Å². The fraction of sp³-hybridized carbons (Fsp3) is 0.750. The highest BCUT2D eigenvalue weighted by molar-refractivity contribution is 7.92. The Morgan fingerprint density at radius 1 is 1.43 bits per heavy atom. The molecule has 8 nitrogen and oxygen atoms in total. The predicted octanol–water partition coefficient (Wildman–Crippen LogP) is 1.30. The van der Waals surface area contributed by atoms with Gasteiger partial charge in [-0.1, -0.05) is 18.3 Å². The number of nitrogens with one attached hydrogen (secondary N) is 3. The van der Waals surface area contributed by atoms with Crippen LogP contribution in [0.2, 0.25) is 0 Å². The van der Waals surface area contributed by atoms with E-state index >= 15 is 0 Å². The van der Waals surface area contributed by atoms with Crippen LogP contribution in [0.3, 0.4) is 0 Å². The third-order valence-electron chi connectivity index (χ3n) is 3.59. The van der Waals surface area contributed by atoms with Crippen molar-refractivity contribution in [2.45, 2.75) is 26.2 Å². The molecule has 1 aromatic rings. The number of aromatic nitrogens is 2. The lowest BCUT2D eigenvalue weighted by Gasteiger charge is -2.27. The van der Waals surface area contributed by atoms with Crippen molar-refractivity contribution >= 4 is 49.9 Å². The van der Waals surface area contributed by atoms with Crippen LogP contribution >= 0.6 is 23.7 Å². The zero-order valence-electron chi connectivity index (χ0n) is 13.0. The van der Waals surface area contributed by atoms with Crippen molar-refractivity contribution in [1.82, 2.24) is 15.5 Å². The molecule has 2 rings (SSSR count). The van der Waals surface area contributed by atoms with Gasteiger partial charge in [0.2, 0.25) is 26.2 Å². The Hall–Kier alpha value is -0.970. The normalized spacial score (nSPS) is 19.5. The second kappa shape index (κ2) is 8.76. The maximum absolute atomic E-state index is 12.0. The average molecular weight is 384 g/mol. The molecule has 1 fully saturated rings. The molecule has 3 N–H and O–H groups in total. The summed E-state index contributed by atoms with van der Waals surface area (Å²) < 4.78 is 24.4. The minimum absolute atomic E-state index is 0. The summed E-state index contributed by atoms with van der Waals surface area (Å²) in [4.78, 5) is 12.0. The molecule has 1 aromatic heterocycles. The van der Waals surface area contributed by atoms with Gasteiger partial charge in [-0.15, -0.1) is 22.6 Å². The van der Waals surface area contributed by atoms with E-state index in [-0.39, 0.29) is 29.4 Å². The summed E-state index contributed by atoms with van der Waals surface area (Å²) in [7, 11) is -3.39. The lowest BCUT2D eigenvalue weighted by atomic mass is 9.85. The average Bonchev–Trinajstić information content (AvgIpc) is 2.84. The van der Waals surface area contributed by atoms with E-state index < -0.39 is 10.0 Å². The van der Waals surface area contributed by atoms with Crippen LogP contribution in [-0.2, 0) is 14.8 Å². The molecule has 2 atom stereocenters. The van der Waals surface area contributed by atoms with E-state index in [0.717, 1.165) is 43.5 Å². The number of nitrogens with zero attached hydrogens (tertiary/aromatic N) is 2. The molecule has 1 amide bonds. The van der Waals surface area contributed by atoms with Gasteiger partial charge < -0.3 is 10.6 Å². The van der Waals surface area contributed by atoms with Gasteiger partial charge in [0.05, 0.1) is 6.26 Å². The summed E-state index contributed by atoms with van der Waals surface area (Å²) >= 11 is 0.994. The Bertz CT molecular complexity index is 616. The molecule has 0 saturated carbocycles. The van der Waals surface area contributed by atoms with Crippen molar-refractivity contribution < 1.29 is 13.2 Å². The van der Waals surface area contributed by atoms with E-state index in [4.69, 9.17) is 0 Å². The van der Waals surface area contributed by atoms with Gasteiger partial charge in [0.1, 0.15) is 0 Å². The molecule has 23 heavy (non-hydrogen) atoms. The van der Waals surface area contributed by atoms with Crippen molar-refractivity contribution in [3.05, 3.63) is 0 Å². The van der Waals surface area contributed by atoms with Gasteiger partial charge in [0.25, 0.3) is 0 Å². The molecule has 1 aliphatic heterocycles. The van der Waals surface area contributed by atoms with Crippen molar-refractivity contribution in [3.8, 4) is 0 Å². The number of piperidine rings is 1. The van der Waals surface area contributed by atoms with Crippen LogP contribution in [0.1, 0.15) is 26.2 Å². The van der Waals surface area contributed by atoms with Crippen LogP contribution in [-0.4, -0.2) is 43.9 Å². The zero-order chi connectivity index (χ0) is 16.2. The van der Waals surface area contributed by atoms with Crippen LogP contribution < -0.4 is 15.4 Å². The van der Waals surface area contributed by atoms with E-state index in [9.17, 15) is 13.2 Å². The number of halogens is 1. The van der Waals surface area contributed by atoms with Crippen LogP contribution in [0.15, 0.2) is 0 Å². The number of carbonyl (C=O) groups excluding carboxylic acids is 1. The first-order valence-electron chi connectivity index (χ1n) is 7.15. The number of anilines is 2. The minimum atomic E-state index is -3.39. The summed E-state index contributed by atoms with van der Waals surface area (Å²) in [6, 6.07) is 0. The van der Waals surface area contributed by atoms with E-state index in [1.54, 1.807) is 0 Å². The SMILES string of the molecule is CC(CC(=O)Nc1nnc(NS(C)(=O)=O)s1)C1CCCNC1.Cl. The topological polar surface area (TPSA) is 113 Å². The molecule has 0 radical (unpaired) electrons. The number of sulfonamides is 1. The van der Waals surface area contributed by atoms with Crippen molar-refractivity contribution in [2.75, 3.05) is 29.4 Å². The van der Waals surface area contributed by atoms with Crippen molar-refractivity contribution in [2.24, 2.45) is 11.8 Å². The van der Waals surface area contributed by atoms with Crippen molar-refractivity contribution in [1.29, 1.82) is 0 Å². The molecular formula is C12H22ClN5O3S2. The molecule has 0 bridgehead atoms. The second-order valence-corrected chi connectivity index (χ2v) is 8.35. The molecule has 2 heterocycles. The third kappa shape index (κ3) is 6.98. The maximum Gasteiger partial charge on any atom is 0.231 e. The Morgan fingerprint density at radius 3 is 2.74 bits per heavy atom. The maximum atomic E-state index is 12.0. The van der Waals surface area contributed by atoms with Gasteiger partial charge in [-0.25, -0.2) is 8.42 Å². The fourth-order valence-electron chi connectivity index (χ4n) is 2.47. The predicted molar refractivity (Wildman–Crippen MR) is 93.6 cm³/mol. The molecule has 2 unspecified atom stereocenters. The molecule has 1 aliphatic rings. The molecule has 0 spiro atoms. The van der Waals surface area contributed by atoms with Gasteiger partial charge in [0.15, 0.2) is 0 Å². The lowest BCUT2D eigenvalue weighted by Crippen LogP contribution is -2.34. The molecule has 0 aromatic carbocycles. The zero-order valence-corrected chi connectivity index (χ0v) is 15.5. The van der Waals surface area contributed by atoms with Crippen LogP contribution in [0.5, 0.6) is 0 Å². The molecule has 132 valence electrons. The summed E-state index contributed by atoms with van der Waals surface area (Å²) in [6.07, 6.45) is 3.74. The van der Waals surface area contributed by atoms with Gasteiger partial charge in [-0.2, -0.15) is 0 Å². The van der Waals surface area contributed by atoms with Gasteiger partial charge in [-0.3, -0.25) is 9.52 Å². The number of hydrogen-bond acceptors (Lipinski definition) is 7. The molecule has 0 aliphatic carbocycles. The van der Waals surface area contributed by atoms with Gasteiger partial charge in [0, 0.05) is 6.42 Å². The first-order valence-corrected chi connectivity index (χ1v) is 9.86. The number of rotatable bonds is 6. The monoisotopic (exact) mass is 383 g/mol. The van der Waals surface area contributed by atoms with Crippen molar-refractivity contribution in [3.63, 3.8) is 0 Å². The van der Waals surface area contributed by atoms with Crippen LogP contribution in [0.4, 0.5) is 10.3 Å². The number of carbonyl (C=O) groups is 1. The standard InChI is InChI=1S/C12H21N5O3S2.ClH/c1-8(9-4-3-5-13-7-9)6-10(18)14-11-15-16-12(21-11)17-22(2,19)20;/h8-9,13H,3-7H2,1-2H3,(H,16,17)(H,14,15,18);1H. The highest BCUT2D eigenvalue weighted by atomic mass is 35.5. The fourth-order valence-corrected chi connectivity index (χ4v) is 3.96. The summed E-state index contributed by atoms with van der Waals surface area (Å²) in [5, 5.41) is 13.9. The smallest absolute Gasteiger partial charge is 0.231 e. The van der Waals surface area contributed by atoms with Crippen LogP contribution in [0, 0.1) is 11.8 Å². The number of amides is 1. The molecule has 11 heteroatoms. The van der Waals surface area contributed by atoms with E-state index in [2.05, 4.69) is 32.5 Å². The van der Waals surface area contributed by atoms with E-state index in [0.29, 0.717) is 17.5 Å². The van der Waals surface area contributed by atoms with E-state index in [1.165, 1.54) is 0 Å². The van der Waals surface area contributed by atoms with E-state index in [1.807, 2.05) is 0 Å². The summed E-state index contributed by atoms with van der Waals surface area (Å²) in [5.74, 6) is 0.672. The second-order valence-electron chi connectivity index (χ2n) is 5.62. The molecule has 1 saturated heterocycles. The quantitative estimate of drug-likeness (QED) is 0.682. The third-order valence-corrected chi connectivity index (χ3v) is 5.04. The minimum Gasteiger partial charge on any atom is -0.316 e. The van der Waals surface area contributed by atoms with Gasteiger partial charge in [-0.05, 0) is 37.8 Å². The lowest BCUT2D eigenvalue weighted by molar-refractivity contribution is -0.117. The van der Waals surface area contributed by atoms with Crippen LogP contribution in [0.25, 0.3) is 0 Å².